The van der Waals surface area contributed by atoms with E-state index in [1.807, 2.05) is 36.4 Å². The number of rotatable bonds is 7. The number of carbonyl (C=O) groups excluding carboxylic acids is 2. The number of alkyl carbamates (subject to hydrolysis) is 1. The van der Waals surface area contributed by atoms with E-state index in [0.717, 1.165) is 27.2 Å². The first-order valence-corrected chi connectivity index (χ1v) is 10.8. The van der Waals surface area contributed by atoms with Crippen molar-refractivity contribution in [1.82, 2.24) is 15.4 Å². The van der Waals surface area contributed by atoms with E-state index in [1.54, 1.807) is 0 Å². The lowest BCUT2D eigenvalue weighted by Gasteiger charge is -2.30. The summed E-state index contributed by atoms with van der Waals surface area (Å²) in [6.07, 6.45) is -0.629. The average molecular weight is 463 g/mol. The number of carbonyl (C=O) groups is 3. The maximum absolute atomic E-state index is 12.5. The normalized spacial score (nSPS) is 12.6. The Labute approximate surface area is 196 Å². The van der Waals surface area contributed by atoms with E-state index < -0.39 is 23.5 Å². The van der Waals surface area contributed by atoms with Crippen molar-refractivity contribution >= 4 is 18.0 Å². The highest BCUT2D eigenvalue weighted by Gasteiger charge is 2.36. The molecule has 0 radical (unpaired) electrons. The van der Waals surface area contributed by atoms with Crippen LogP contribution < -0.4 is 5.32 Å². The van der Waals surface area contributed by atoms with Gasteiger partial charge in [-0.05, 0) is 36.1 Å². The lowest BCUT2D eigenvalue weighted by Crippen LogP contribution is -2.50. The van der Waals surface area contributed by atoms with Crippen molar-refractivity contribution in [2.45, 2.75) is 31.8 Å². The van der Waals surface area contributed by atoms with Gasteiger partial charge in [0.25, 0.3) is 5.91 Å². The summed E-state index contributed by atoms with van der Waals surface area (Å²) in [5, 5.41) is 15.6. The Morgan fingerprint density at radius 3 is 2.26 bits per heavy atom. The maximum Gasteiger partial charge on any atom is 0.407 e. The second-order valence-corrected chi connectivity index (χ2v) is 8.59. The molecule has 0 spiro atoms. The topological polar surface area (TPSA) is 122 Å². The molecule has 0 aliphatic heterocycles. The third-order valence-corrected chi connectivity index (χ3v) is 6.20. The Bertz CT molecular complexity index is 1200. The average Bonchev–Trinajstić information content (AvgIpc) is 3.43. The zero-order valence-electron chi connectivity index (χ0n) is 19.1. The molecule has 1 aromatic heterocycles. The number of fused-ring (bicyclic) bond motifs is 3. The van der Waals surface area contributed by atoms with E-state index in [4.69, 9.17) is 9.26 Å². The first kappa shape index (κ1) is 23.0. The number of amides is 2. The van der Waals surface area contributed by atoms with E-state index in [0.29, 0.717) is 0 Å². The predicted octanol–water partition coefficient (Wildman–Crippen LogP) is 3.65. The summed E-state index contributed by atoms with van der Waals surface area (Å²) in [7, 11) is 1.37. The third kappa shape index (κ3) is 4.24. The summed E-state index contributed by atoms with van der Waals surface area (Å²) >= 11 is 0. The molecule has 176 valence electrons. The zero-order valence-corrected chi connectivity index (χ0v) is 19.1. The number of likely N-dealkylation sites (N-methyl/N-ethyl adjacent to an activating group) is 1. The highest BCUT2D eigenvalue weighted by atomic mass is 16.5. The monoisotopic (exact) mass is 463 g/mol. The molecule has 2 N–H and O–H groups in total. The first-order chi connectivity index (χ1) is 16.2. The van der Waals surface area contributed by atoms with Gasteiger partial charge in [-0.1, -0.05) is 53.7 Å². The maximum atomic E-state index is 12.5. The molecule has 9 nitrogen and oxygen atoms in total. The van der Waals surface area contributed by atoms with E-state index in [1.165, 1.54) is 27.0 Å². The van der Waals surface area contributed by atoms with Gasteiger partial charge in [-0.2, -0.15) is 0 Å². The van der Waals surface area contributed by atoms with Crippen molar-refractivity contribution in [1.29, 1.82) is 0 Å². The number of aromatic nitrogens is 1. The molecule has 0 fully saturated rings. The largest absolute Gasteiger partial charge is 0.480 e. The summed E-state index contributed by atoms with van der Waals surface area (Å²) in [5.74, 6) is -1.58. The molecular formula is C25H25N3O6. The fourth-order valence-corrected chi connectivity index (χ4v) is 3.87. The summed E-state index contributed by atoms with van der Waals surface area (Å²) in [4.78, 5) is 37.3. The standard InChI is InChI=1S/C25H25N3O6/c1-25(2,23(30)31)28(3)22(29)21-12-15(34-27-21)13-26-24(32)33-14-20-18-10-6-4-8-16(18)17-9-5-7-11-19(17)20/h4-12,20H,13-14H2,1-3H3,(H,26,32)(H,30,31). The van der Waals surface area contributed by atoms with Gasteiger partial charge >= 0.3 is 12.1 Å². The lowest BCUT2D eigenvalue weighted by atomic mass is 9.98. The van der Waals surface area contributed by atoms with Crippen molar-refractivity contribution in [3.05, 3.63) is 77.2 Å². The number of carboxylic acids is 1. The SMILES string of the molecule is CN(C(=O)c1cc(CNC(=O)OCC2c3ccccc3-c3ccccc32)on1)C(C)(C)C(=O)O. The fraction of sp³-hybridized carbons (Fsp3) is 0.280. The van der Waals surface area contributed by atoms with E-state index >= 15 is 0 Å². The summed E-state index contributed by atoms with van der Waals surface area (Å²) < 4.78 is 10.6. The van der Waals surface area contributed by atoms with Crippen LogP contribution in [0, 0.1) is 0 Å². The van der Waals surface area contributed by atoms with Gasteiger partial charge in [-0.15, -0.1) is 0 Å². The molecule has 1 heterocycles. The van der Waals surface area contributed by atoms with Crippen molar-refractivity contribution in [2.24, 2.45) is 0 Å². The number of benzene rings is 2. The van der Waals surface area contributed by atoms with Gasteiger partial charge in [0, 0.05) is 19.0 Å². The van der Waals surface area contributed by atoms with Gasteiger partial charge < -0.3 is 24.6 Å². The van der Waals surface area contributed by atoms with Crippen molar-refractivity contribution in [2.75, 3.05) is 13.7 Å². The van der Waals surface area contributed by atoms with Crippen LogP contribution in [0.25, 0.3) is 11.1 Å². The Morgan fingerprint density at radius 1 is 1.09 bits per heavy atom. The molecule has 0 atom stereocenters. The van der Waals surface area contributed by atoms with Gasteiger partial charge in [0.05, 0.1) is 6.54 Å². The first-order valence-electron chi connectivity index (χ1n) is 10.8. The smallest absolute Gasteiger partial charge is 0.407 e. The highest BCUT2D eigenvalue weighted by Crippen LogP contribution is 2.44. The molecule has 2 aromatic carbocycles. The molecule has 1 aliphatic rings. The highest BCUT2D eigenvalue weighted by molar-refractivity contribution is 5.96. The Balaban J connectivity index is 1.34. The quantitative estimate of drug-likeness (QED) is 0.548. The van der Waals surface area contributed by atoms with E-state index in [2.05, 4.69) is 22.6 Å². The summed E-state index contributed by atoms with van der Waals surface area (Å²) in [6, 6.07) is 17.5. The second-order valence-electron chi connectivity index (χ2n) is 8.59. The van der Waals surface area contributed by atoms with Gasteiger partial charge in [0.15, 0.2) is 11.5 Å². The number of carboxylic acid groups (broad SMARTS) is 1. The molecule has 9 heteroatoms. The molecule has 0 saturated carbocycles. The van der Waals surface area contributed by atoms with Crippen molar-refractivity contribution < 1.29 is 28.8 Å². The van der Waals surface area contributed by atoms with Crippen LogP contribution in [0.15, 0.2) is 59.1 Å². The zero-order chi connectivity index (χ0) is 24.5. The molecule has 3 aromatic rings. The minimum atomic E-state index is -1.42. The van der Waals surface area contributed by atoms with Crippen LogP contribution in [-0.2, 0) is 16.1 Å². The molecule has 0 unspecified atom stereocenters. The fourth-order valence-electron chi connectivity index (χ4n) is 3.87. The number of hydrogen-bond donors (Lipinski definition) is 2. The molecule has 2 amide bonds. The number of aliphatic carboxylic acids is 1. The number of ether oxygens (including phenoxy) is 1. The number of nitrogens with zero attached hydrogens (tertiary/aromatic N) is 2. The van der Waals surface area contributed by atoms with Crippen LogP contribution in [0.3, 0.4) is 0 Å². The summed E-state index contributed by atoms with van der Waals surface area (Å²) in [5.41, 5.74) is 3.03. The minimum Gasteiger partial charge on any atom is -0.480 e. The van der Waals surface area contributed by atoms with Crippen LogP contribution in [0.2, 0.25) is 0 Å². The molecular weight excluding hydrogens is 438 g/mol. The molecule has 4 rings (SSSR count). The molecule has 1 aliphatic carbocycles. The van der Waals surface area contributed by atoms with Gasteiger partial charge in [0.2, 0.25) is 0 Å². The van der Waals surface area contributed by atoms with Crippen molar-refractivity contribution in [3.63, 3.8) is 0 Å². The Morgan fingerprint density at radius 2 is 1.68 bits per heavy atom. The van der Waals surface area contributed by atoms with E-state index in [-0.39, 0.29) is 30.5 Å². The molecule has 0 bridgehead atoms. The Kier molecular flexibility index (Phi) is 6.10. The Hall–Kier alpha value is -4.14. The second kappa shape index (κ2) is 9.01. The van der Waals surface area contributed by atoms with Gasteiger partial charge in [-0.25, -0.2) is 9.59 Å². The summed E-state index contributed by atoms with van der Waals surface area (Å²) in [6.45, 7) is 2.96. The molecule has 34 heavy (non-hydrogen) atoms. The van der Waals surface area contributed by atoms with Crippen LogP contribution in [-0.4, -0.2) is 52.3 Å². The number of hydrogen-bond acceptors (Lipinski definition) is 6. The lowest BCUT2D eigenvalue weighted by molar-refractivity contribution is -0.147. The van der Waals surface area contributed by atoms with Gasteiger partial charge in [0.1, 0.15) is 12.1 Å². The molecule has 0 saturated heterocycles. The predicted molar refractivity (Wildman–Crippen MR) is 122 cm³/mol. The van der Waals surface area contributed by atoms with Crippen molar-refractivity contribution in [3.8, 4) is 11.1 Å². The van der Waals surface area contributed by atoms with Gasteiger partial charge in [-0.3, -0.25) is 4.79 Å². The van der Waals surface area contributed by atoms with Crippen LogP contribution in [0.4, 0.5) is 4.79 Å². The van der Waals surface area contributed by atoms with E-state index in [9.17, 15) is 19.5 Å². The third-order valence-electron chi connectivity index (χ3n) is 6.20. The van der Waals surface area contributed by atoms with Crippen LogP contribution >= 0.6 is 0 Å². The van der Waals surface area contributed by atoms with Crippen LogP contribution in [0.5, 0.6) is 0 Å². The van der Waals surface area contributed by atoms with Crippen LogP contribution in [0.1, 0.15) is 47.1 Å². The minimum absolute atomic E-state index is 0.0387. The number of nitrogens with one attached hydrogen (secondary N) is 1.